The van der Waals surface area contributed by atoms with Crippen molar-refractivity contribution in [3.63, 3.8) is 0 Å². The number of carboxylic acid groups (broad SMARTS) is 1. The van der Waals surface area contributed by atoms with Gasteiger partial charge in [0.1, 0.15) is 0 Å². The van der Waals surface area contributed by atoms with Gasteiger partial charge in [-0.3, -0.25) is 9.59 Å². The van der Waals surface area contributed by atoms with E-state index in [-0.39, 0.29) is 27.4 Å². The molecule has 3 N–H and O–H groups in total. The Labute approximate surface area is 139 Å². The van der Waals surface area contributed by atoms with E-state index in [1.165, 1.54) is 13.8 Å². The number of sulfonamides is 1. The van der Waals surface area contributed by atoms with E-state index in [4.69, 9.17) is 5.11 Å². The third-order valence-electron chi connectivity index (χ3n) is 2.93. The number of aromatic nitrogens is 1. The zero-order chi connectivity index (χ0) is 17.6. The van der Waals surface area contributed by atoms with Crippen LogP contribution in [0.4, 0.5) is 5.13 Å². The Morgan fingerprint density at radius 2 is 2.04 bits per heavy atom. The summed E-state index contributed by atoms with van der Waals surface area (Å²) in [5.41, 5.74) is 0.260. The minimum atomic E-state index is -3.89. The maximum Gasteiger partial charge on any atom is 0.304 e. The van der Waals surface area contributed by atoms with Gasteiger partial charge in [0.25, 0.3) is 10.0 Å². The van der Waals surface area contributed by atoms with Crippen LogP contribution in [-0.2, 0) is 19.6 Å². The Morgan fingerprint density at radius 3 is 2.57 bits per heavy atom. The van der Waals surface area contributed by atoms with Crippen LogP contribution in [0.2, 0.25) is 0 Å². The van der Waals surface area contributed by atoms with E-state index in [1.807, 2.05) is 6.92 Å². The van der Waals surface area contributed by atoms with E-state index in [1.54, 1.807) is 0 Å². The molecule has 1 aromatic heterocycles. The molecule has 0 radical (unpaired) electrons. The van der Waals surface area contributed by atoms with Crippen molar-refractivity contribution in [1.82, 2.24) is 9.71 Å². The average Bonchev–Trinajstić information content (AvgIpc) is 2.75. The first-order valence-corrected chi connectivity index (χ1v) is 9.44. The molecule has 8 nitrogen and oxygen atoms in total. The number of amides is 1. The number of thiazole rings is 1. The molecule has 0 aliphatic carbocycles. The normalized spacial score (nSPS) is 12.8. The van der Waals surface area contributed by atoms with Crippen LogP contribution in [-0.4, -0.2) is 36.4 Å². The number of unbranched alkanes of at least 4 members (excludes halogenated alkanes) is 1. The lowest BCUT2D eigenvalue weighted by Crippen LogP contribution is -2.36. The van der Waals surface area contributed by atoms with Gasteiger partial charge >= 0.3 is 5.97 Å². The van der Waals surface area contributed by atoms with E-state index >= 15 is 0 Å². The molecule has 0 aliphatic rings. The first kappa shape index (κ1) is 19.5. The molecule has 1 amide bonds. The summed E-state index contributed by atoms with van der Waals surface area (Å²) in [6, 6.07) is -0.678. The summed E-state index contributed by atoms with van der Waals surface area (Å²) in [5, 5.41) is 11.5. The Hall–Kier alpha value is -1.52. The third-order valence-corrected chi connectivity index (χ3v) is 6.13. The second-order valence-electron chi connectivity index (χ2n) is 5.13. The number of carbonyl (C=O) groups excluding carboxylic acids is 1. The SMILES string of the molecule is CCCC[C@@H](CC(=O)O)NS(=O)(=O)c1sc(NC(C)=O)nc1C. The largest absolute Gasteiger partial charge is 0.481 e. The van der Waals surface area contributed by atoms with Crippen LogP contribution in [0.25, 0.3) is 0 Å². The van der Waals surface area contributed by atoms with Crippen molar-refractivity contribution in [2.75, 3.05) is 5.32 Å². The van der Waals surface area contributed by atoms with Gasteiger partial charge in [0.15, 0.2) is 9.34 Å². The number of anilines is 1. The number of nitrogens with one attached hydrogen (secondary N) is 2. The second-order valence-corrected chi connectivity index (χ2v) is 8.04. The molecule has 0 aliphatic heterocycles. The van der Waals surface area contributed by atoms with E-state index in [0.717, 1.165) is 24.2 Å². The Morgan fingerprint density at radius 1 is 1.39 bits per heavy atom. The molecular formula is C13H21N3O5S2. The lowest BCUT2D eigenvalue weighted by Gasteiger charge is -2.16. The van der Waals surface area contributed by atoms with E-state index in [2.05, 4.69) is 15.0 Å². The molecule has 0 bridgehead atoms. The number of aryl methyl sites for hydroxylation is 1. The third kappa shape index (κ3) is 6.24. The Kier molecular flexibility index (Phi) is 7.10. The standard InChI is InChI=1S/C13H21N3O5S2/c1-4-5-6-10(7-11(18)19)16-23(20,21)12-8(2)14-13(22-12)15-9(3)17/h10,16H,4-7H2,1-3H3,(H,18,19)(H,14,15,17)/t10-/m0/s1. The van der Waals surface area contributed by atoms with Gasteiger partial charge in [-0.05, 0) is 13.3 Å². The van der Waals surface area contributed by atoms with E-state index < -0.39 is 22.0 Å². The number of rotatable bonds is 9. The molecule has 0 saturated carbocycles. The number of carboxylic acids is 1. The minimum Gasteiger partial charge on any atom is -0.481 e. The predicted molar refractivity (Wildman–Crippen MR) is 87.0 cm³/mol. The van der Waals surface area contributed by atoms with Crippen LogP contribution >= 0.6 is 11.3 Å². The highest BCUT2D eigenvalue weighted by Gasteiger charge is 2.26. The smallest absolute Gasteiger partial charge is 0.304 e. The minimum absolute atomic E-state index is 0.0202. The number of aliphatic carboxylic acids is 1. The van der Waals surface area contributed by atoms with Gasteiger partial charge in [-0.2, -0.15) is 0 Å². The summed E-state index contributed by atoms with van der Waals surface area (Å²) < 4.78 is 27.3. The van der Waals surface area contributed by atoms with Gasteiger partial charge < -0.3 is 10.4 Å². The number of hydrogen-bond donors (Lipinski definition) is 3. The lowest BCUT2D eigenvalue weighted by atomic mass is 10.1. The fraction of sp³-hybridized carbons (Fsp3) is 0.615. The number of nitrogens with zero attached hydrogens (tertiary/aromatic N) is 1. The molecule has 130 valence electrons. The van der Waals surface area contributed by atoms with E-state index in [0.29, 0.717) is 6.42 Å². The van der Waals surface area contributed by atoms with Crippen molar-refractivity contribution in [2.24, 2.45) is 0 Å². The van der Waals surface area contributed by atoms with Gasteiger partial charge in [0.05, 0.1) is 12.1 Å². The van der Waals surface area contributed by atoms with Crippen molar-refractivity contribution in [3.8, 4) is 0 Å². The molecule has 1 aromatic rings. The molecule has 1 atom stereocenters. The quantitative estimate of drug-likeness (QED) is 0.613. The van der Waals surface area contributed by atoms with Crippen molar-refractivity contribution in [1.29, 1.82) is 0 Å². The van der Waals surface area contributed by atoms with Crippen LogP contribution in [0, 0.1) is 6.92 Å². The molecule has 1 rings (SSSR count). The number of carbonyl (C=O) groups is 2. The monoisotopic (exact) mass is 363 g/mol. The fourth-order valence-electron chi connectivity index (χ4n) is 1.97. The Bertz CT molecular complexity index is 669. The average molecular weight is 363 g/mol. The highest BCUT2D eigenvalue weighted by Crippen LogP contribution is 2.27. The molecule has 0 unspecified atom stereocenters. The molecule has 0 spiro atoms. The molecule has 1 heterocycles. The molecule has 23 heavy (non-hydrogen) atoms. The van der Waals surface area contributed by atoms with Gasteiger partial charge in [0, 0.05) is 13.0 Å². The summed E-state index contributed by atoms with van der Waals surface area (Å²) in [6.07, 6.45) is 1.72. The molecule has 0 fully saturated rings. The van der Waals surface area contributed by atoms with Gasteiger partial charge in [-0.1, -0.05) is 31.1 Å². The van der Waals surface area contributed by atoms with Crippen LogP contribution in [0.15, 0.2) is 4.21 Å². The van der Waals surface area contributed by atoms with Gasteiger partial charge in [-0.25, -0.2) is 18.1 Å². The Balaban J connectivity index is 2.97. The summed E-state index contributed by atoms with van der Waals surface area (Å²) in [5.74, 6) is -1.41. The van der Waals surface area contributed by atoms with Crippen molar-refractivity contribution in [2.45, 2.75) is 56.7 Å². The fourth-order valence-corrected chi connectivity index (χ4v) is 4.72. The van der Waals surface area contributed by atoms with Crippen LogP contribution in [0.3, 0.4) is 0 Å². The van der Waals surface area contributed by atoms with Crippen LogP contribution in [0.1, 0.15) is 45.2 Å². The van der Waals surface area contributed by atoms with Crippen LogP contribution in [0.5, 0.6) is 0 Å². The highest BCUT2D eigenvalue weighted by atomic mass is 32.2. The first-order chi connectivity index (χ1) is 10.7. The summed E-state index contributed by atoms with van der Waals surface area (Å²) in [7, 11) is -3.89. The number of hydrogen-bond acceptors (Lipinski definition) is 6. The van der Waals surface area contributed by atoms with Gasteiger partial charge in [-0.15, -0.1) is 0 Å². The zero-order valence-electron chi connectivity index (χ0n) is 13.2. The maximum absolute atomic E-state index is 12.5. The summed E-state index contributed by atoms with van der Waals surface area (Å²) in [4.78, 5) is 25.9. The van der Waals surface area contributed by atoms with Crippen molar-refractivity contribution < 1.29 is 23.1 Å². The maximum atomic E-state index is 12.5. The predicted octanol–water partition coefficient (Wildman–Crippen LogP) is 1.72. The summed E-state index contributed by atoms with van der Waals surface area (Å²) >= 11 is 0.839. The topological polar surface area (TPSA) is 125 Å². The summed E-state index contributed by atoms with van der Waals surface area (Å²) in [6.45, 7) is 4.77. The highest BCUT2D eigenvalue weighted by molar-refractivity contribution is 7.91. The second kappa shape index (κ2) is 8.37. The lowest BCUT2D eigenvalue weighted by molar-refractivity contribution is -0.137. The molecule has 0 aromatic carbocycles. The first-order valence-electron chi connectivity index (χ1n) is 7.14. The molecule has 0 saturated heterocycles. The zero-order valence-corrected chi connectivity index (χ0v) is 14.9. The van der Waals surface area contributed by atoms with Crippen LogP contribution < -0.4 is 10.0 Å². The molecule has 10 heteroatoms. The van der Waals surface area contributed by atoms with Crippen molar-refractivity contribution >= 4 is 38.4 Å². The molecular weight excluding hydrogens is 342 g/mol. The van der Waals surface area contributed by atoms with E-state index in [9.17, 15) is 18.0 Å². The van der Waals surface area contributed by atoms with Crippen molar-refractivity contribution in [3.05, 3.63) is 5.69 Å². The van der Waals surface area contributed by atoms with Gasteiger partial charge in [0.2, 0.25) is 5.91 Å².